The van der Waals surface area contributed by atoms with Crippen LogP contribution < -0.4 is 0 Å². The van der Waals surface area contributed by atoms with Crippen molar-refractivity contribution >= 4 is 12.2 Å². The van der Waals surface area contributed by atoms with Gasteiger partial charge in [-0.3, -0.25) is 0 Å². The van der Waals surface area contributed by atoms with Crippen molar-refractivity contribution in [2.24, 2.45) is 7.05 Å². The van der Waals surface area contributed by atoms with Gasteiger partial charge in [0.1, 0.15) is 0 Å². The molecule has 0 amide bonds. The van der Waals surface area contributed by atoms with Crippen molar-refractivity contribution in [2.75, 3.05) is 0 Å². The van der Waals surface area contributed by atoms with Crippen molar-refractivity contribution in [3.63, 3.8) is 0 Å². The molecule has 2 rings (SSSR count). The van der Waals surface area contributed by atoms with Crippen molar-refractivity contribution in [3.05, 3.63) is 108 Å². The predicted octanol–water partition coefficient (Wildman–Crippen LogP) is 6.12. The SMILES string of the molecule is C=C(/C=C\C(C)=C\c1ccc(C)n1C)/C=C/C=C/c1ccccc1. The number of nitrogens with zero attached hydrogens (tertiary/aromatic N) is 1. The highest BCUT2D eigenvalue weighted by atomic mass is 14.9. The zero-order valence-electron chi connectivity index (χ0n) is 14.7. The number of aryl methyl sites for hydroxylation is 1. The molecule has 0 radical (unpaired) electrons. The summed E-state index contributed by atoms with van der Waals surface area (Å²) >= 11 is 0. The van der Waals surface area contributed by atoms with Crippen molar-refractivity contribution in [1.29, 1.82) is 0 Å². The molecule has 0 N–H and O–H groups in total. The standard InChI is InChI=1S/C23H25N/c1-19(10-8-9-13-22-11-6-5-7-12-22)14-15-20(2)18-23-17-16-21(3)24(23)4/h5-18H,1H2,2-4H3/b10-8+,13-9+,15-14-,20-18+. The molecule has 0 aliphatic carbocycles. The minimum absolute atomic E-state index is 0.975. The first kappa shape index (κ1) is 17.6. The largest absolute Gasteiger partial charge is 0.348 e. The van der Waals surface area contributed by atoms with Crippen LogP contribution >= 0.6 is 0 Å². The number of aromatic nitrogens is 1. The molecule has 0 aliphatic rings. The minimum Gasteiger partial charge on any atom is -0.348 e. The second kappa shape index (κ2) is 8.73. The molecule has 1 aromatic heterocycles. The Kier molecular flexibility index (Phi) is 6.39. The van der Waals surface area contributed by atoms with Crippen LogP contribution in [0.3, 0.4) is 0 Å². The summed E-state index contributed by atoms with van der Waals surface area (Å²) in [6.45, 7) is 8.27. The fourth-order valence-corrected chi connectivity index (χ4v) is 2.26. The second-order valence-corrected chi connectivity index (χ2v) is 5.88. The van der Waals surface area contributed by atoms with Crippen LogP contribution in [-0.2, 0) is 7.05 Å². The van der Waals surface area contributed by atoms with E-state index < -0.39 is 0 Å². The third-order valence-electron chi connectivity index (χ3n) is 3.86. The lowest BCUT2D eigenvalue weighted by molar-refractivity contribution is 0.871. The maximum atomic E-state index is 4.06. The molecule has 0 saturated carbocycles. The van der Waals surface area contributed by atoms with Gasteiger partial charge in [0.2, 0.25) is 0 Å². The monoisotopic (exact) mass is 315 g/mol. The van der Waals surface area contributed by atoms with Gasteiger partial charge >= 0.3 is 0 Å². The fourth-order valence-electron chi connectivity index (χ4n) is 2.26. The van der Waals surface area contributed by atoms with Crippen molar-refractivity contribution < 1.29 is 0 Å². The maximum Gasteiger partial charge on any atom is 0.0408 e. The molecule has 0 fully saturated rings. The van der Waals surface area contributed by atoms with Gasteiger partial charge in [0.25, 0.3) is 0 Å². The summed E-state index contributed by atoms with van der Waals surface area (Å²) < 4.78 is 2.18. The van der Waals surface area contributed by atoms with Crippen LogP contribution in [0.2, 0.25) is 0 Å². The van der Waals surface area contributed by atoms with Crippen molar-refractivity contribution in [3.8, 4) is 0 Å². The van der Waals surface area contributed by atoms with Gasteiger partial charge in [-0.1, -0.05) is 73.4 Å². The van der Waals surface area contributed by atoms with Crippen LogP contribution in [0.1, 0.15) is 23.9 Å². The normalized spacial score (nSPS) is 12.7. The van der Waals surface area contributed by atoms with Gasteiger partial charge in [-0.25, -0.2) is 0 Å². The molecule has 1 heterocycles. The lowest BCUT2D eigenvalue weighted by Gasteiger charge is -2.01. The summed E-state index contributed by atoms with van der Waals surface area (Å²) in [4.78, 5) is 0. The smallest absolute Gasteiger partial charge is 0.0408 e. The zero-order chi connectivity index (χ0) is 17.4. The Hall–Kier alpha value is -2.80. The Balaban J connectivity index is 1.91. The van der Waals surface area contributed by atoms with E-state index in [1.54, 1.807) is 0 Å². The number of allylic oxidation sites excluding steroid dienone is 7. The molecule has 1 heteroatoms. The summed E-state index contributed by atoms with van der Waals surface area (Å²) in [5, 5.41) is 0. The van der Waals surface area contributed by atoms with Crippen LogP contribution in [0.15, 0.2) is 90.6 Å². The van der Waals surface area contributed by atoms with Gasteiger partial charge in [-0.2, -0.15) is 0 Å². The van der Waals surface area contributed by atoms with Crippen LogP contribution in [0.25, 0.3) is 12.2 Å². The molecule has 0 saturated heterocycles. The Morgan fingerprint density at radius 1 is 0.958 bits per heavy atom. The van der Waals surface area contributed by atoms with E-state index >= 15 is 0 Å². The van der Waals surface area contributed by atoms with Crippen molar-refractivity contribution in [1.82, 2.24) is 4.57 Å². The Morgan fingerprint density at radius 2 is 1.71 bits per heavy atom. The summed E-state index contributed by atoms with van der Waals surface area (Å²) in [5.74, 6) is 0. The van der Waals surface area contributed by atoms with Crippen molar-refractivity contribution in [2.45, 2.75) is 13.8 Å². The summed E-state index contributed by atoms with van der Waals surface area (Å²) in [6, 6.07) is 14.5. The quantitative estimate of drug-likeness (QED) is 0.566. The maximum absolute atomic E-state index is 4.06. The number of benzene rings is 1. The van der Waals surface area contributed by atoms with E-state index in [2.05, 4.69) is 74.5 Å². The van der Waals surface area contributed by atoms with E-state index in [0.29, 0.717) is 0 Å². The first-order valence-corrected chi connectivity index (χ1v) is 8.13. The molecule has 0 bridgehead atoms. The molecule has 1 aromatic carbocycles. The highest BCUT2D eigenvalue weighted by Crippen LogP contribution is 2.12. The summed E-state index contributed by atoms with van der Waals surface area (Å²) in [7, 11) is 2.08. The van der Waals surface area contributed by atoms with E-state index in [-0.39, 0.29) is 0 Å². The summed E-state index contributed by atoms with van der Waals surface area (Å²) in [6.07, 6.45) is 14.4. The molecular weight excluding hydrogens is 290 g/mol. The lowest BCUT2D eigenvalue weighted by Crippen LogP contribution is -1.92. The van der Waals surface area contributed by atoms with Gasteiger partial charge in [0, 0.05) is 18.4 Å². The molecule has 0 unspecified atom stereocenters. The van der Waals surface area contributed by atoms with E-state index in [1.807, 2.05) is 42.5 Å². The topological polar surface area (TPSA) is 4.93 Å². The number of rotatable bonds is 6. The second-order valence-electron chi connectivity index (χ2n) is 5.88. The van der Waals surface area contributed by atoms with Gasteiger partial charge in [0.05, 0.1) is 0 Å². The summed E-state index contributed by atoms with van der Waals surface area (Å²) in [5.41, 5.74) is 5.84. The average molecular weight is 315 g/mol. The molecular formula is C23H25N. The van der Waals surface area contributed by atoms with Gasteiger partial charge < -0.3 is 4.57 Å². The highest BCUT2D eigenvalue weighted by Gasteiger charge is 1.97. The first-order valence-electron chi connectivity index (χ1n) is 8.13. The van der Waals surface area contributed by atoms with E-state index in [1.165, 1.54) is 22.5 Å². The molecule has 0 spiro atoms. The molecule has 0 atom stereocenters. The Labute approximate surface area is 145 Å². The number of hydrogen-bond acceptors (Lipinski definition) is 0. The Morgan fingerprint density at radius 3 is 2.38 bits per heavy atom. The predicted molar refractivity (Wildman–Crippen MR) is 107 cm³/mol. The average Bonchev–Trinajstić information content (AvgIpc) is 2.90. The molecule has 2 aromatic rings. The van der Waals surface area contributed by atoms with Crippen LogP contribution in [-0.4, -0.2) is 4.57 Å². The van der Waals surface area contributed by atoms with Crippen LogP contribution in [0, 0.1) is 6.92 Å². The zero-order valence-corrected chi connectivity index (χ0v) is 14.7. The number of hydrogen-bond donors (Lipinski definition) is 0. The first-order chi connectivity index (χ1) is 11.6. The van der Waals surface area contributed by atoms with E-state index in [9.17, 15) is 0 Å². The van der Waals surface area contributed by atoms with Crippen LogP contribution in [0.5, 0.6) is 0 Å². The van der Waals surface area contributed by atoms with Gasteiger partial charge in [0.15, 0.2) is 0 Å². The fraction of sp³-hybridized carbons (Fsp3) is 0.130. The Bertz CT molecular complexity index is 796. The molecule has 1 nitrogen and oxygen atoms in total. The lowest BCUT2D eigenvalue weighted by atomic mass is 10.1. The third kappa shape index (κ3) is 5.44. The molecule has 24 heavy (non-hydrogen) atoms. The van der Waals surface area contributed by atoms with E-state index in [0.717, 1.165) is 5.57 Å². The van der Waals surface area contributed by atoms with E-state index in [4.69, 9.17) is 0 Å². The van der Waals surface area contributed by atoms with Gasteiger partial charge in [-0.15, -0.1) is 0 Å². The van der Waals surface area contributed by atoms with Gasteiger partial charge in [-0.05, 0) is 48.8 Å². The highest BCUT2D eigenvalue weighted by molar-refractivity contribution is 5.54. The van der Waals surface area contributed by atoms with Crippen LogP contribution in [0.4, 0.5) is 0 Å². The minimum atomic E-state index is 0.975. The third-order valence-corrected chi connectivity index (χ3v) is 3.86. The molecule has 0 aliphatic heterocycles. The molecule has 122 valence electrons.